The monoisotopic (exact) mass is 393 g/mol. The number of anilines is 1. The molecule has 1 amide bonds. The minimum absolute atomic E-state index is 0.172. The molecule has 0 aromatic heterocycles. The lowest BCUT2D eigenvalue weighted by molar-refractivity contribution is -0.131. The second-order valence-corrected chi connectivity index (χ2v) is 7.75. The Morgan fingerprint density at radius 3 is 2.63 bits per heavy atom. The number of rotatable bonds is 5. The molecule has 0 bridgehead atoms. The van der Waals surface area contributed by atoms with Crippen molar-refractivity contribution in [2.24, 2.45) is 5.92 Å². The molecule has 0 radical (unpaired) electrons. The van der Waals surface area contributed by atoms with E-state index in [-0.39, 0.29) is 18.4 Å². The number of hydrogen-bond acceptors (Lipinski definition) is 5. The van der Waals surface area contributed by atoms with Crippen LogP contribution in [0.1, 0.15) is 17.5 Å². The van der Waals surface area contributed by atoms with Crippen molar-refractivity contribution in [3.63, 3.8) is 0 Å². The molecule has 4 N–H and O–H groups in total. The maximum atomic E-state index is 12.8. The summed E-state index contributed by atoms with van der Waals surface area (Å²) in [6.45, 7) is 4.82. The number of carbonyl (C=O) groups is 1. The first-order valence-corrected chi connectivity index (χ1v) is 9.55. The number of methoxy groups -OCH3 is 1. The highest BCUT2D eigenvalue weighted by atomic mass is 32.1. The summed E-state index contributed by atoms with van der Waals surface area (Å²) in [5.41, 5.74) is 3.07. The van der Waals surface area contributed by atoms with Crippen molar-refractivity contribution in [2.75, 3.05) is 25.2 Å². The summed E-state index contributed by atoms with van der Waals surface area (Å²) in [5, 5.41) is 27.2. The highest BCUT2D eigenvalue weighted by molar-refractivity contribution is 7.80. The fourth-order valence-electron chi connectivity index (χ4n) is 4.14. The Morgan fingerprint density at radius 2 is 2.00 bits per heavy atom. The number of nitrogens with one attached hydrogen (secondary N) is 2. The Labute approximate surface area is 164 Å². The Morgan fingerprint density at radius 1 is 1.33 bits per heavy atom. The van der Waals surface area contributed by atoms with Gasteiger partial charge < -0.3 is 30.5 Å². The van der Waals surface area contributed by atoms with Gasteiger partial charge in [-0.2, -0.15) is 0 Å². The van der Waals surface area contributed by atoms with Crippen LogP contribution in [-0.2, 0) is 9.53 Å². The number of benzene rings is 1. The number of ether oxygens (including phenoxy) is 1. The lowest BCUT2D eigenvalue weighted by Gasteiger charge is -2.41. The molecule has 2 fully saturated rings. The molecule has 27 heavy (non-hydrogen) atoms. The van der Waals surface area contributed by atoms with Crippen LogP contribution in [-0.4, -0.2) is 65.8 Å². The van der Waals surface area contributed by atoms with Crippen LogP contribution in [0, 0.1) is 19.8 Å². The average Bonchev–Trinajstić information content (AvgIpc) is 2.94. The normalized spacial score (nSPS) is 30.0. The molecule has 2 aliphatic rings. The van der Waals surface area contributed by atoms with E-state index in [9.17, 15) is 15.0 Å². The van der Waals surface area contributed by atoms with Crippen LogP contribution in [0.5, 0.6) is 0 Å². The lowest BCUT2D eigenvalue weighted by atomic mass is 9.77. The molecule has 1 aliphatic carbocycles. The molecule has 7 nitrogen and oxygen atoms in total. The molecular formula is C19H27N3O4S. The number of aryl methyl sites for hydroxylation is 2. The van der Waals surface area contributed by atoms with Crippen molar-refractivity contribution in [3.05, 3.63) is 29.3 Å². The molecular weight excluding hydrogens is 366 g/mol. The standard InChI is InChI=1S/C19H27N3O4S/c1-10-6-11(2)8-12(7-10)22-16-13(18(25)20-4-5-26-3)9-14(23)17(24)15(16)21-19(22)27/h6-8,13-17,23-24H,4-5,9H2,1-3H3,(H,20,25)(H,21,27)/t13-,14-,15-,16+,17+/m1/s1. The van der Waals surface area contributed by atoms with Gasteiger partial charge in [0.1, 0.15) is 6.10 Å². The van der Waals surface area contributed by atoms with Crippen molar-refractivity contribution in [3.8, 4) is 0 Å². The van der Waals surface area contributed by atoms with Gasteiger partial charge in [0.2, 0.25) is 5.91 Å². The van der Waals surface area contributed by atoms with Gasteiger partial charge in [-0.1, -0.05) is 6.07 Å². The second kappa shape index (κ2) is 8.10. The zero-order valence-electron chi connectivity index (χ0n) is 15.8. The maximum Gasteiger partial charge on any atom is 0.225 e. The van der Waals surface area contributed by atoms with Crippen LogP contribution in [0.2, 0.25) is 0 Å². The Hall–Kier alpha value is -1.74. The molecule has 148 valence electrons. The summed E-state index contributed by atoms with van der Waals surface area (Å²) < 4.78 is 4.99. The number of nitrogens with zero attached hydrogens (tertiary/aromatic N) is 1. The van der Waals surface area contributed by atoms with Crippen molar-refractivity contribution in [1.82, 2.24) is 10.6 Å². The van der Waals surface area contributed by atoms with Crippen LogP contribution in [0.3, 0.4) is 0 Å². The Balaban J connectivity index is 1.94. The smallest absolute Gasteiger partial charge is 0.225 e. The number of aliphatic hydroxyl groups is 2. The predicted molar refractivity (Wildman–Crippen MR) is 107 cm³/mol. The van der Waals surface area contributed by atoms with Crippen molar-refractivity contribution in [2.45, 2.75) is 44.6 Å². The van der Waals surface area contributed by atoms with Crippen LogP contribution in [0.15, 0.2) is 18.2 Å². The maximum absolute atomic E-state index is 12.8. The fourth-order valence-corrected chi connectivity index (χ4v) is 4.50. The zero-order valence-corrected chi connectivity index (χ0v) is 16.6. The van der Waals surface area contributed by atoms with Gasteiger partial charge in [0.25, 0.3) is 0 Å². The molecule has 1 aromatic carbocycles. The third-order valence-electron chi connectivity index (χ3n) is 5.27. The van der Waals surface area contributed by atoms with Crippen LogP contribution >= 0.6 is 12.2 Å². The van der Waals surface area contributed by atoms with E-state index in [1.54, 1.807) is 7.11 Å². The first-order valence-electron chi connectivity index (χ1n) is 9.14. The molecule has 1 saturated heterocycles. The molecule has 5 atom stereocenters. The van der Waals surface area contributed by atoms with Gasteiger partial charge in [0.05, 0.1) is 30.7 Å². The van der Waals surface area contributed by atoms with E-state index in [2.05, 4.69) is 16.7 Å². The zero-order chi connectivity index (χ0) is 19.7. The first-order chi connectivity index (χ1) is 12.8. The van der Waals surface area contributed by atoms with Crippen LogP contribution < -0.4 is 15.5 Å². The molecule has 0 unspecified atom stereocenters. The molecule has 1 saturated carbocycles. The molecule has 3 rings (SSSR count). The first kappa shape index (κ1) is 20.0. The summed E-state index contributed by atoms with van der Waals surface area (Å²) >= 11 is 5.53. The third-order valence-corrected chi connectivity index (χ3v) is 5.59. The number of aliphatic hydroxyl groups excluding tert-OH is 2. The fraction of sp³-hybridized carbons (Fsp3) is 0.579. The van der Waals surface area contributed by atoms with Crippen molar-refractivity contribution in [1.29, 1.82) is 0 Å². The van der Waals surface area contributed by atoms with Crippen molar-refractivity contribution >= 4 is 28.9 Å². The predicted octanol–water partition coefficient (Wildman–Crippen LogP) is 0.239. The minimum atomic E-state index is -0.994. The quantitative estimate of drug-likeness (QED) is 0.421. The number of carbonyl (C=O) groups excluding carboxylic acids is 1. The summed E-state index contributed by atoms with van der Waals surface area (Å²) in [4.78, 5) is 14.7. The minimum Gasteiger partial charge on any atom is -0.390 e. The van der Waals surface area contributed by atoms with Gasteiger partial charge >= 0.3 is 0 Å². The number of fused-ring (bicyclic) bond motifs is 1. The number of hydrogen-bond donors (Lipinski definition) is 4. The molecule has 8 heteroatoms. The summed E-state index contributed by atoms with van der Waals surface area (Å²) in [6, 6.07) is 5.21. The topological polar surface area (TPSA) is 94.1 Å². The van der Waals surface area contributed by atoms with E-state index < -0.39 is 24.2 Å². The summed E-state index contributed by atoms with van der Waals surface area (Å²) in [5.74, 6) is -0.687. The van der Waals surface area contributed by atoms with Crippen LogP contribution in [0.4, 0.5) is 5.69 Å². The van der Waals surface area contributed by atoms with Gasteiger partial charge in [-0.3, -0.25) is 4.79 Å². The van der Waals surface area contributed by atoms with Crippen LogP contribution in [0.25, 0.3) is 0 Å². The SMILES string of the molecule is COCCNC(=O)[C@@H]1C[C@@H](O)[C@H](O)[C@@H]2NC(=S)N(c3cc(C)cc(C)c3)[C@H]21. The van der Waals surface area contributed by atoms with Gasteiger partial charge in [0.15, 0.2) is 5.11 Å². The Bertz CT molecular complexity index is 709. The number of thiocarbonyl (C=S) groups is 1. The van der Waals surface area contributed by atoms with Gasteiger partial charge in [-0.15, -0.1) is 0 Å². The third kappa shape index (κ3) is 3.94. The van der Waals surface area contributed by atoms with E-state index >= 15 is 0 Å². The van der Waals surface area contributed by atoms with E-state index in [1.807, 2.05) is 30.9 Å². The van der Waals surface area contributed by atoms with Gasteiger partial charge in [0, 0.05) is 19.3 Å². The van der Waals surface area contributed by atoms with Crippen molar-refractivity contribution < 1.29 is 19.7 Å². The van der Waals surface area contributed by atoms with E-state index in [0.717, 1.165) is 16.8 Å². The second-order valence-electron chi connectivity index (χ2n) is 7.37. The molecule has 1 aliphatic heterocycles. The summed E-state index contributed by atoms with van der Waals surface area (Å²) in [7, 11) is 1.57. The largest absolute Gasteiger partial charge is 0.390 e. The Kier molecular flexibility index (Phi) is 6.00. The van der Waals surface area contributed by atoms with E-state index in [0.29, 0.717) is 18.3 Å². The van der Waals surface area contributed by atoms with E-state index in [1.165, 1.54) is 0 Å². The number of amides is 1. The van der Waals surface area contributed by atoms with E-state index in [4.69, 9.17) is 17.0 Å². The highest BCUT2D eigenvalue weighted by Gasteiger charge is 2.53. The van der Waals surface area contributed by atoms with Gasteiger partial charge in [-0.25, -0.2) is 0 Å². The summed E-state index contributed by atoms with van der Waals surface area (Å²) in [6.07, 6.45) is -1.81. The molecule has 0 spiro atoms. The highest BCUT2D eigenvalue weighted by Crippen LogP contribution is 2.37. The lowest BCUT2D eigenvalue weighted by Crippen LogP contribution is -2.61. The van der Waals surface area contributed by atoms with Gasteiger partial charge in [-0.05, 0) is 55.7 Å². The molecule has 1 heterocycles. The molecule has 1 aromatic rings. The average molecular weight is 394 g/mol.